The Labute approximate surface area is 147 Å². The Morgan fingerprint density at radius 2 is 1.73 bits per heavy atom. The number of halogens is 1. The SMILES string of the molecule is CCCC[n+]1c2ccccc2cc2[nH]c3ccccc3c21.I. The van der Waals surface area contributed by atoms with E-state index in [1.807, 2.05) is 0 Å². The fraction of sp³-hybridized carbons (Fsp3) is 0.211. The molecule has 0 bridgehead atoms. The van der Waals surface area contributed by atoms with Gasteiger partial charge in [0.2, 0.25) is 11.0 Å². The van der Waals surface area contributed by atoms with Crippen molar-refractivity contribution in [2.75, 3.05) is 0 Å². The molecule has 0 aliphatic carbocycles. The fourth-order valence-electron chi connectivity index (χ4n) is 3.22. The summed E-state index contributed by atoms with van der Waals surface area (Å²) in [6, 6.07) is 19.5. The van der Waals surface area contributed by atoms with Crippen molar-refractivity contribution in [3.63, 3.8) is 0 Å². The van der Waals surface area contributed by atoms with Crippen molar-refractivity contribution in [1.29, 1.82) is 0 Å². The fourth-order valence-corrected chi connectivity index (χ4v) is 3.22. The van der Waals surface area contributed by atoms with Crippen LogP contribution in [0, 0.1) is 0 Å². The minimum atomic E-state index is 0. The van der Waals surface area contributed by atoms with Crippen molar-refractivity contribution in [2.45, 2.75) is 26.3 Å². The predicted octanol–water partition coefficient (Wildman–Crippen LogP) is 5.18. The number of hydrogen-bond acceptors (Lipinski definition) is 0. The Hall–Kier alpha value is -1.62. The summed E-state index contributed by atoms with van der Waals surface area (Å²) >= 11 is 0. The maximum atomic E-state index is 3.57. The van der Waals surface area contributed by atoms with Crippen LogP contribution < -0.4 is 4.57 Å². The average molecular weight is 403 g/mol. The molecule has 1 N–H and O–H groups in total. The zero-order valence-corrected chi connectivity index (χ0v) is 15.0. The first-order valence-electron chi connectivity index (χ1n) is 7.70. The van der Waals surface area contributed by atoms with E-state index in [1.54, 1.807) is 0 Å². The number of pyridine rings is 1. The van der Waals surface area contributed by atoms with Crippen LogP contribution in [0.3, 0.4) is 0 Å². The molecule has 22 heavy (non-hydrogen) atoms. The quantitative estimate of drug-likeness (QED) is 0.359. The number of aromatic amines is 1. The zero-order chi connectivity index (χ0) is 14.2. The predicted molar refractivity (Wildman–Crippen MR) is 104 cm³/mol. The first-order valence-corrected chi connectivity index (χ1v) is 7.70. The van der Waals surface area contributed by atoms with Crippen LogP contribution in [-0.2, 0) is 6.54 Å². The third-order valence-corrected chi connectivity index (χ3v) is 4.24. The summed E-state index contributed by atoms with van der Waals surface area (Å²) in [7, 11) is 0. The summed E-state index contributed by atoms with van der Waals surface area (Å²) in [5.41, 5.74) is 5.10. The number of H-pyrrole nitrogens is 1. The number of aryl methyl sites for hydroxylation is 1. The van der Waals surface area contributed by atoms with Gasteiger partial charge in [0.05, 0.1) is 10.9 Å². The van der Waals surface area contributed by atoms with Crippen molar-refractivity contribution in [3.8, 4) is 0 Å². The van der Waals surface area contributed by atoms with Crippen molar-refractivity contribution in [2.24, 2.45) is 0 Å². The van der Waals surface area contributed by atoms with E-state index in [-0.39, 0.29) is 24.0 Å². The van der Waals surface area contributed by atoms with Gasteiger partial charge in [0.25, 0.3) is 0 Å². The van der Waals surface area contributed by atoms with Crippen molar-refractivity contribution < 1.29 is 4.57 Å². The van der Waals surface area contributed by atoms with E-state index in [1.165, 1.54) is 45.7 Å². The highest BCUT2D eigenvalue weighted by molar-refractivity contribution is 14.0. The topological polar surface area (TPSA) is 19.7 Å². The monoisotopic (exact) mass is 403 g/mol. The van der Waals surface area contributed by atoms with Crippen LogP contribution in [0.15, 0.2) is 54.6 Å². The van der Waals surface area contributed by atoms with Crippen LogP contribution in [0.2, 0.25) is 0 Å². The van der Waals surface area contributed by atoms with E-state index < -0.39 is 0 Å². The van der Waals surface area contributed by atoms with Gasteiger partial charge in [-0.3, -0.25) is 0 Å². The number of fused-ring (bicyclic) bond motifs is 4. The number of rotatable bonds is 3. The molecule has 4 rings (SSSR count). The molecule has 2 aromatic heterocycles. The van der Waals surface area contributed by atoms with Crippen LogP contribution in [0.4, 0.5) is 0 Å². The van der Waals surface area contributed by atoms with Crippen LogP contribution in [0.1, 0.15) is 19.8 Å². The average Bonchev–Trinajstić information content (AvgIpc) is 2.89. The molecule has 0 saturated carbocycles. The molecule has 112 valence electrons. The van der Waals surface area contributed by atoms with Crippen LogP contribution >= 0.6 is 24.0 Å². The third kappa shape index (κ3) is 2.37. The summed E-state index contributed by atoms with van der Waals surface area (Å²) < 4.78 is 2.48. The highest BCUT2D eigenvalue weighted by atomic mass is 127. The first-order chi connectivity index (χ1) is 10.4. The summed E-state index contributed by atoms with van der Waals surface area (Å²) in [5.74, 6) is 0. The Kier molecular flexibility index (Phi) is 4.34. The molecule has 0 spiro atoms. The van der Waals surface area contributed by atoms with E-state index in [9.17, 15) is 0 Å². The number of unbranched alkanes of at least 4 members (excludes halogenated alkanes) is 1. The largest absolute Gasteiger partial charge is 0.349 e. The van der Waals surface area contributed by atoms with Gasteiger partial charge in [0.15, 0.2) is 0 Å². The minimum Gasteiger partial charge on any atom is -0.349 e. The molecular formula is C19H20IN2+. The Morgan fingerprint density at radius 1 is 0.955 bits per heavy atom. The lowest BCUT2D eigenvalue weighted by atomic mass is 10.1. The summed E-state index contributed by atoms with van der Waals surface area (Å²) in [6.45, 7) is 3.31. The molecular weight excluding hydrogens is 383 g/mol. The van der Waals surface area contributed by atoms with E-state index in [0.717, 1.165) is 6.54 Å². The highest BCUT2D eigenvalue weighted by Gasteiger charge is 2.19. The van der Waals surface area contributed by atoms with Gasteiger partial charge in [-0.25, -0.2) is 0 Å². The Morgan fingerprint density at radius 3 is 2.59 bits per heavy atom. The standard InChI is InChI=1S/C19H18N2.HI/c1-2-3-12-21-18-11-7-4-8-14(18)13-17-19(21)15-9-5-6-10-16(15)20-17;/h4-11,13H,2-3,12H2,1H3;1H/p+1. The molecule has 0 aliphatic rings. The van der Waals surface area contributed by atoms with Crippen molar-refractivity contribution in [3.05, 3.63) is 54.6 Å². The molecule has 3 heteroatoms. The second kappa shape index (κ2) is 6.24. The first kappa shape index (κ1) is 15.3. The number of hydrogen-bond donors (Lipinski definition) is 1. The van der Waals surface area contributed by atoms with Gasteiger partial charge in [-0.1, -0.05) is 37.6 Å². The summed E-state index contributed by atoms with van der Waals surface area (Å²) in [4.78, 5) is 3.57. The second-order valence-corrected chi connectivity index (χ2v) is 5.64. The number of aromatic nitrogens is 2. The van der Waals surface area contributed by atoms with E-state index >= 15 is 0 Å². The molecule has 0 unspecified atom stereocenters. The maximum absolute atomic E-state index is 3.57. The molecule has 4 aromatic rings. The molecule has 0 fully saturated rings. The van der Waals surface area contributed by atoms with Crippen LogP contribution in [0.5, 0.6) is 0 Å². The summed E-state index contributed by atoms with van der Waals surface area (Å²) in [6.07, 6.45) is 2.41. The lowest BCUT2D eigenvalue weighted by molar-refractivity contribution is -0.645. The van der Waals surface area contributed by atoms with Crippen molar-refractivity contribution in [1.82, 2.24) is 4.98 Å². The molecule has 0 saturated heterocycles. The molecule has 2 nitrogen and oxygen atoms in total. The van der Waals surface area contributed by atoms with Gasteiger partial charge in [-0.2, -0.15) is 4.57 Å². The van der Waals surface area contributed by atoms with E-state index in [2.05, 4.69) is 71.1 Å². The van der Waals surface area contributed by atoms with Crippen LogP contribution in [0.25, 0.3) is 32.8 Å². The third-order valence-electron chi connectivity index (χ3n) is 4.24. The van der Waals surface area contributed by atoms with Gasteiger partial charge in [0, 0.05) is 17.9 Å². The Balaban J connectivity index is 0.00000144. The van der Waals surface area contributed by atoms with Gasteiger partial charge < -0.3 is 4.98 Å². The second-order valence-electron chi connectivity index (χ2n) is 5.64. The molecule has 0 amide bonds. The zero-order valence-electron chi connectivity index (χ0n) is 12.7. The minimum absolute atomic E-state index is 0. The lowest BCUT2D eigenvalue weighted by Gasteiger charge is -2.03. The molecule has 0 radical (unpaired) electrons. The van der Waals surface area contributed by atoms with E-state index in [4.69, 9.17) is 0 Å². The molecule has 0 aliphatic heterocycles. The van der Waals surface area contributed by atoms with Gasteiger partial charge in [-0.15, -0.1) is 24.0 Å². The Bertz CT molecular complexity index is 940. The van der Waals surface area contributed by atoms with Crippen molar-refractivity contribution >= 4 is 56.8 Å². The number of para-hydroxylation sites is 2. The number of nitrogens with one attached hydrogen (secondary N) is 1. The summed E-state index contributed by atoms with van der Waals surface area (Å²) in [5, 5.41) is 2.61. The van der Waals surface area contributed by atoms with Gasteiger partial charge in [-0.05, 0) is 24.3 Å². The molecule has 0 atom stereocenters. The number of benzene rings is 2. The van der Waals surface area contributed by atoms with Crippen LogP contribution in [-0.4, -0.2) is 4.98 Å². The molecule has 2 aromatic carbocycles. The van der Waals surface area contributed by atoms with Gasteiger partial charge in [0.1, 0.15) is 12.1 Å². The smallest absolute Gasteiger partial charge is 0.238 e. The van der Waals surface area contributed by atoms with E-state index in [0.29, 0.717) is 0 Å². The normalized spacial score (nSPS) is 11.1. The molecule has 2 heterocycles. The number of nitrogens with zero attached hydrogens (tertiary/aromatic N) is 1. The highest BCUT2D eigenvalue weighted by Crippen LogP contribution is 2.25. The lowest BCUT2D eigenvalue weighted by Crippen LogP contribution is -2.35. The van der Waals surface area contributed by atoms with Gasteiger partial charge >= 0.3 is 0 Å². The maximum Gasteiger partial charge on any atom is 0.238 e.